The molecule has 0 radical (unpaired) electrons. The lowest BCUT2D eigenvalue weighted by atomic mass is 10.1. The molecule has 0 aromatic heterocycles. The zero-order chi connectivity index (χ0) is 11.3. The molecule has 1 atom stereocenters. The van der Waals surface area contributed by atoms with Gasteiger partial charge in [-0.3, -0.25) is 9.59 Å². The number of hydrogen-bond donors (Lipinski definition) is 2. The molecule has 5 nitrogen and oxygen atoms in total. The van der Waals surface area contributed by atoms with Gasteiger partial charge in [-0.1, -0.05) is 0 Å². The Labute approximate surface area is 89.4 Å². The summed E-state index contributed by atoms with van der Waals surface area (Å²) in [5.74, 6) is -0.0810. The monoisotopic (exact) mass is 214 g/mol. The molecule has 0 aliphatic carbocycles. The van der Waals surface area contributed by atoms with Crippen molar-refractivity contribution in [1.29, 1.82) is 0 Å². The van der Waals surface area contributed by atoms with Crippen LogP contribution in [0.3, 0.4) is 0 Å². The molecule has 1 saturated heterocycles. The summed E-state index contributed by atoms with van der Waals surface area (Å²) in [5, 5.41) is 11.3. The lowest BCUT2D eigenvalue weighted by Crippen LogP contribution is -2.55. The number of aliphatic hydroxyl groups excluding tert-OH is 1. The Morgan fingerprint density at radius 1 is 1.60 bits per heavy atom. The zero-order valence-corrected chi connectivity index (χ0v) is 9.03. The molecule has 0 bridgehead atoms. The van der Waals surface area contributed by atoms with E-state index in [1.807, 2.05) is 0 Å². The number of nitrogens with one attached hydrogen (secondary N) is 1. The topological polar surface area (TPSA) is 69.6 Å². The second-order valence-corrected chi connectivity index (χ2v) is 3.73. The normalized spacial score (nSPS) is 21.3. The molecule has 1 rings (SSSR count). The van der Waals surface area contributed by atoms with E-state index in [1.165, 1.54) is 0 Å². The summed E-state index contributed by atoms with van der Waals surface area (Å²) in [6, 6.07) is -0.361. The number of amides is 2. The van der Waals surface area contributed by atoms with Gasteiger partial charge in [0.05, 0.1) is 0 Å². The number of aliphatic hydroxyl groups is 1. The van der Waals surface area contributed by atoms with Crippen LogP contribution >= 0.6 is 0 Å². The molecule has 0 aromatic carbocycles. The number of rotatable bonds is 4. The summed E-state index contributed by atoms with van der Waals surface area (Å²) in [5.41, 5.74) is 0. The predicted octanol–water partition coefficient (Wildman–Crippen LogP) is -0.504. The van der Waals surface area contributed by atoms with Gasteiger partial charge in [0.15, 0.2) is 0 Å². The Morgan fingerprint density at radius 2 is 2.33 bits per heavy atom. The molecule has 1 aliphatic heterocycles. The van der Waals surface area contributed by atoms with Crippen LogP contribution in [0.2, 0.25) is 0 Å². The van der Waals surface area contributed by atoms with Crippen molar-refractivity contribution in [3.63, 3.8) is 0 Å². The average molecular weight is 214 g/mol. The number of nitrogens with zero attached hydrogens (tertiary/aromatic N) is 1. The summed E-state index contributed by atoms with van der Waals surface area (Å²) in [7, 11) is 0. The third kappa shape index (κ3) is 3.20. The van der Waals surface area contributed by atoms with E-state index in [-0.39, 0.29) is 24.5 Å². The van der Waals surface area contributed by atoms with Gasteiger partial charge in [0.2, 0.25) is 11.8 Å². The van der Waals surface area contributed by atoms with Crippen LogP contribution in [0.5, 0.6) is 0 Å². The SMILES string of the molecule is CC1C(=O)NCCN1C(=O)CCCCO. The van der Waals surface area contributed by atoms with Crippen LogP contribution in [0.1, 0.15) is 26.2 Å². The minimum atomic E-state index is -0.361. The van der Waals surface area contributed by atoms with Crippen molar-refractivity contribution in [2.24, 2.45) is 0 Å². The molecule has 0 aromatic rings. The highest BCUT2D eigenvalue weighted by Gasteiger charge is 2.28. The van der Waals surface area contributed by atoms with Crippen molar-refractivity contribution in [2.75, 3.05) is 19.7 Å². The smallest absolute Gasteiger partial charge is 0.242 e. The Kier molecular flexibility index (Phi) is 4.55. The molecule has 15 heavy (non-hydrogen) atoms. The van der Waals surface area contributed by atoms with Crippen LogP contribution in [0.4, 0.5) is 0 Å². The summed E-state index contributed by atoms with van der Waals surface area (Å²) in [4.78, 5) is 24.6. The van der Waals surface area contributed by atoms with Crippen molar-refractivity contribution < 1.29 is 14.7 Å². The summed E-state index contributed by atoms with van der Waals surface area (Å²) < 4.78 is 0. The maximum Gasteiger partial charge on any atom is 0.242 e. The van der Waals surface area contributed by atoms with Crippen molar-refractivity contribution in [1.82, 2.24) is 10.2 Å². The molecule has 1 unspecified atom stereocenters. The first-order chi connectivity index (χ1) is 7.16. The van der Waals surface area contributed by atoms with E-state index in [4.69, 9.17) is 5.11 Å². The number of hydrogen-bond acceptors (Lipinski definition) is 3. The van der Waals surface area contributed by atoms with E-state index < -0.39 is 0 Å². The second kappa shape index (κ2) is 5.70. The highest BCUT2D eigenvalue weighted by atomic mass is 16.3. The molecule has 0 saturated carbocycles. The van der Waals surface area contributed by atoms with Crippen LogP contribution in [-0.2, 0) is 9.59 Å². The van der Waals surface area contributed by atoms with Gasteiger partial charge in [-0.05, 0) is 19.8 Å². The van der Waals surface area contributed by atoms with E-state index in [1.54, 1.807) is 11.8 Å². The Hall–Kier alpha value is -1.10. The summed E-state index contributed by atoms with van der Waals surface area (Å²) in [6.45, 7) is 2.97. The number of carbonyl (C=O) groups excluding carboxylic acids is 2. The van der Waals surface area contributed by atoms with E-state index in [9.17, 15) is 9.59 Å². The minimum Gasteiger partial charge on any atom is -0.396 e. The van der Waals surface area contributed by atoms with Gasteiger partial charge in [-0.25, -0.2) is 0 Å². The molecular formula is C10H18N2O3. The van der Waals surface area contributed by atoms with E-state index >= 15 is 0 Å². The zero-order valence-electron chi connectivity index (χ0n) is 9.03. The van der Waals surface area contributed by atoms with E-state index in [2.05, 4.69) is 5.32 Å². The van der Waals surface area contributed by atoms with Crippen LogP contribution in [-0.4, -0.2) is 47.6 Å². The quantitative estimate of drug-likeness (QED) is 0.620. The van der Waals surface area contributed by atoms with Crippen molar-refractivity contribution in [3.05, 3.63) is 0 Å². The predicted molar refractivity (Wildman–Crippen MR) is 55.1 cm³/mol. The number of carbonyl (C=O) groups is 2. The largest absolute Gasteiger partial charge is 0.396 e. The summed E-state index contributed by atoms with van der Waals surface area (Å²) >= 11 is 0. The first-order valence-corrected chi connectivity index (χ1v) is 5.35. The number of piperazine rings is 1. The van der Waals surface area contributed by atoms with Gasteiger partial charge in [-0.15, -0.1) is 0 Å². The van der Waals surface area contributed by atoms with E-state index in [0.717, 1.165) is 0 Å². The van der Waals surface area contributed by atoms with Crippen LogP contribution in [0.15, 0.2) is 0 Å². The fourth-order valence-electron chi connectivity index (χ4n) is 1.65. The lowest BCUT2D eigenvalue weighted by Gasteiger charge is -2.32. The van der Waals surface area contributed by atoms with Gasteiger partial charge in [0, 0.05) is 26.1 Å². The third-order valence-electron chi connectivity index (χ3n) is 2.62. The van der Waals surface area contributed by atoms with Crippen molar-refractivity contribution >= 4 is 11.8 Å². The average Bonchev–Trinajstić information content (AvgIpc) is 2.22. The molecule has 0 spiro atoms. The maximum absolute atomic E-state index is 11.7. The molecule has 1 aliphatic rings. The van der Waals surface area contributed by atoms with Gasteiger partial charge >= 0.3 is 0 Å². The maximum atomic E-state index is 11.7. The number of unbranched alkanes of at least 4 members (excludes halogenated alkanes) is 1. The third-order valence-corrected chi connectivity index (χ3v) is 2.62. The molecular weight excluding hydrogens is 196 g/mol. The van der Waals surface area contributed by atoms with Crippen LogP contribution in [0.25, 0.3) is 0 Å². The van der Waals surface area contributed by atoms with Crippen LogP contribution in [0, 0.1) is 0 Å². The van der Waals surface area contributed by atoms with Crippen molar-refractivity contribution in [3.8, 4) is 0 Å². The molecule has 1 fully saturated rings. The summed E-state index contributed by atoms with van der Waals surface area (Å²) in [6.07, 6.45) is 1.73. The Morgan fingerprint density at radius 3 is 3.00 bits per heavy atom. The molecule has 1 heterocycles. The minimum absolute atomic E-state index is 0.00537. The van der Waals surface area contributed by atoms with Crippen LogP contribution < -0.4 is 5.32 Å². The van der Waals surface area contributed by atoms with Gasteiger partial charge in [0.1, 0.15) is 6.04 Å². The fourth-order valence-corrected chi connectivity index (χ4v) is 1.65. The van der Waals surface area contributed by atoms with Crippen molar-refractivity contribution in [2.45, 2.75) is 32.2 Å². The lowest BCUT2D eigenvalue weighted by molar-refractivity contribution is -0.142. The molecule has 5 heteroatoms. The Bertz CT molecular complexity index is 243. The van der Waals surface area contributed by atoms with E-state index in [0.29, 0.717) is 32.4 Å². The first-order valence-electron chi connectivity index (χ1n) is 5.35. The molecule has 2 amide bonds. The molecule has 86 valence electrons. The Balaban J connectivity index is 2.40. The van der Waals surface area contributed by atoms with Gasteiger partial charge < -0.3 is 15.3 Å². The fraction of sp³-hybridized carbons (Fsp3) is 0.800. The molecule has 2 N–H and O–H groups in total. The van der Waals surface area contributed by atoms with Gasteiger partial charge in [-0.2, -0.15) is 0 Å². The second-order valence-electron chi connectivity index (χ2n) is 3.73. The first kappa shape index (κ1) is 12.0. The highest BCUT2D eigenvalue weighted by molar-refractivity contribution is 5.88. The standard InChI is InChI=1S/C10H18N2O3/c1-8-10(15)11-5-6-12(8)9(14)4-2-3-7-13/h8,13H,2-7H2,1H3,(H,11,15). The van der Waals surface area contributed by atoms with Gasteiger partial charge in [0.25, 0.3) is 0 Å². The highest BCUT2D eigenvalue weighted by Crippen LogP contribution is 2.08.